The molecule has 122 valence electrons. The van der Waals surface area contributed by atoms with E-state index >= 15 is 0 Å². The fraction of sp³-hybridized carbons (Fsp3) is 0.500. The Morgan fingerprint density at radius 2 is 1.95 bits per heavy atom. The number of halogens is 1. The molecule has 6 heteroatoms. The average molecular weight is 372 g/mol. The lowest BCUT2D eigenvalue weighted by atomic mass is 10.0. The van der Waals surface area contributed by atoms with Crippen LogP contribution in [0.15, 0.2) is 28.7 Å². The highest BCUT2D eigenvalue weighted by Gasteiger charge is 2.26. The molecule has 0 radical (unpaired) electrons. The summed E-state index contributed by atoms with van der Waals surface area (Å²) >= 11 is 3.41. The monoisotopic (exact) mass is 371 g/mol. The highest BCUT2D eigenvalue weighted by Crippen LogP contribution is 2.18. The molecule has 0 fully saturated rings. The maximum Gasteiger partial charge on any atom is 0.328 e. The topological polar surface area (TPSA) is 75.6 Å². The first kappa shape index (κ1) is 18.6. The summed E-state index contributed by atoms with van der Waals surface area (Å²) in [4.78, 5) is 23.9. The van der Waals surface area contributed by atoms with Crippen LogP contribution in [0.2, 0.25) is 0 Å². The Labute approximate surface area is 139 Å². The van der Waals surface area contributed by atoms with Crippen molar-refractivity contribution in [1.82, 2.24) is 5.32 Å². The first-order chi connectivity index (χ1) is 10.3. The Hall–Kier alpha value is -1.40. The van der Waals surface area contributed by atoms with Gasteiger partial charge in [-0.05, 0) is 24.0 Å². The molecule has 1 aromatic rings. The first-order valence-corrected chi connectivity index (χ1v) is 7.94. The number of carbonyl (C=O) groups is 2. The molecule has 22 heavy (non-hydrogen) atoms. The van der Waals surface area contributed by atoms with Gasteiger partial charge in [0.2, 0.25) is 5.91 Å². The van der Waals surface area contributed by atoms with Crippen molar-refractivity contribution in [3.63, 3.8) is 0 Å². The van der Waals surface area contributed by atoms with Gasteiger partial charge in [-0.25, -0.2) is 4.79 Å². The predicted molar refractivity (Wildman–Crippen MR) is 87.3 cm³/mol. The van der Waals surface area contributed by atoms with Crippen LogP contribution < -0.4 is 5.32 Å². The molecule has 0 aromatic heterocycles. The van der Waals surface area contributed by atoms with Crippen molar-refractivity contribution < 1.29 is 19.4 Å². The number of esters is 1. The summed E-state index contributed by atoms with van der Waals surface area (Å²) in [6.45, 7) is 3.82. The lowest BCUT2D eigenvalue weighted by Gasteiger charge is -2.20. The van der Waals surface area contributed by atoms with Crippen LogP contribution in [0.25, 0.3) is 0 Å². The number of benzene rings is 1. The number of aliphatic hydroxyl groups excluding tert-OH is 1. The van der Waals surface area contributed by atoms with Gasteiger partial charge in [-0.2, -0.15) is 0 Å². The van der Waals surface area contributed by atoms with Crippen molar-refractivity contribution >= 4 is 27.8 Å². The summed E-state index contributed by atoms with van der Waals surface area (Å²) in [6, 6.07) is 6.60. The van der Waals surface area contributed by atoms with Gasteiger partial charge < -0.3 is 15.2 Å². The summed E-state index contributed by atoms with van der Waals surface area (Å²) in [5, 5.41) is 12.4. The lowest BCUT2D eigenvalue weighted by Crippen LogP contribution is -2.47. The summed E-state index contributed by atoms with van der Waals surface area (Å²) in [5.41, 5.74) is 0.872. The van der Waals surface area contributed by atoms with Crippen molar-refractivity contribution in [1.29, 1.82) is 0 Å². The number of methoxy groups -OCH3 is 1. The molecule has 0 heterocycles. The molecule has 1 amide bonds. The lowest BCUT2D eigenvalue weighted by molar-refractivity contribution is -0.146. The largest absolute Gasteiger partial charge is 0.467 e. The Morgan fingerprint density at radius 1 is 1.32 bits per heavy atom. The van der Waals surface area contributed by atoms with E-state index in [9.17, 15) is 14.7 Å². The molecule has 0 saturated carbocycles. The summed E-state index contributed by atoms with van der Waals surface area (Å²) in [7, 11) is 1.27. The molecule has 0 aliphatic heterocycles. The van der Waals surface area contributed by atoms with Gasteiger partial charge in [-0.15, -0.1) is 0 Å². The van der Waals surface area contributed by atoms with Crippen molar-refractivity contribution in [2.45, 2.75) is 38.8 Å². The van der Waals surface area contributed by atoms with Gasteiger partial charge in [-0.3, -0.25) is 4.79 Å². The summed E-state index contributed by atoms with van der Waals surface area (Å²) in [5.74, 6) is -0.919. The van der Waals surface area contributed by atoms with Crippen LogP contribution in [0.1, 0.15) is 25.8 Å². The highest BCUT2D eigenvalue weighted by molar-refractivity contribution is 9.10. The molecule has 0 aliphatic rings. The Kier molecular flexibility index (Phi) is 7.55. The van der Waals surface area contributed by atoms with Crippen molar-refractivity contribution in [3.05, 3.63) is 34.3 Å². The number of rotatable bonds is 7. The molecular weight excluding hydrogens is 350 g/mol. The van der Waals surface area contributed by atoms with Crippen molar-refractivity contribution in [2.24, 2.45) is 5.92 Å². The molecule has 2 atom stereocenters. The van der Waals surface area contributed by atoms with Crippen LogP contribution in [0, 0.1) is 5.92 Å². The van der Waals surface area contributed by atoms with Crippen LogP contribution >= 0.6 is 15.9 Å². The highest BCUT2D eigenvalue weighted by atomic mass is 79.9. The fourth-order valence-corrected chi connectivity index (χ4v) is 2.49. The van der Waals surface area contributed by atoms with E-state index in [4.69, 9.17) is 4.74 Å². The summed E-state index contributed by atoms with van der Waals surface area (Å²) in [6.07, 6.45) is -0.505. The van der Waals surface area contributed by atoms with Gasteiger partial charge in [0, 0.05) is 10.9 Å². The zero-order chi connectivity index (χ0) is 16.7. The van der Waals surface area contributed by atoms with Crippen LogP contribution in [-0.2, 0) is 20.7 Å². The zero-order valence-electron chi connectivity index (χ0n) is 13.0. The normalized spacial score (nSPS) is 13.5. The van der Waals surface area contributed by atoms with E-state index in [2.05, 4.69) is 21.2 Å². The first-order valence-electron chi connectivity index (χ1n) is 7.14. The van der Waals surface area contributed by atoms with Gasteiger partial charge >= 0.3 is 5.97 Å². The maximum absolute atomic E-state index is 12.0. The van der Waals surface area contributed by atoms with Crippen LogP contribution in [0.4, 0.5) is 0 Å². The molecule has 0 saturated heterocycles. The smallest absolute Gasteiger partial charge is 0.328 e. The second-order valence-corrected chi connectivity index (χ2v) is 6.38. The standard InChI is InChI=1S/C16H22BrNO4/c1-10(2)8-14(19)15(20)18-13(16(21)22-3)9-11-6-4-5-7-12(11)17/h4-7,10,13-14,19H,8-9H2,1-3H3,(H,18,20)/t13-,14+/m0/s1. The Bertz CT molecular complexity index is 519. The number of carbonyl (C=O) groups excluding carboxylic acids is 2. The molecule has 0 spiro atoms. The number of hydrogen-bond donors (Lipinski definition) is 2. The third kappa shape index (κ3) is 5.77. The Balaban J connectivity index is 2.79. The number of hydrogen-bond acceptors (Lipinski definition) is 4. The quantitative estimate of drug-likeness (QED) is 0.719. The fourth-order valence-electron chi connectivity index (χ4n) is 2.04. The number of aliphatic hydroxyl groups is 1. The molecule has 2 N–H and O–H groups in total. The number of ether oxygens (including phenoxy) is 1. The third-order valence-corrected chi connectivity index (χ3v) is 3.96. The predicted octanol–water partition coefficient (Wildman–Crippen LogP) is 2.06. The van der Waals surface area contributed by atoms with Crippen molar-refractivity contribution in [3.8, 4) is 0 Å². The van der Waals surface area contributed by atoms with Gasteiger partial charge in [-0.1, -0.05) is 48.0 Å². The second-order valence-electron chi connectivity index (χ2n) is 5.53. The number of amides is 1. The van der Waals surface area contributed by atoms with E-state index in [-0.39, 0.29) is 12.3 Å². The van der Waals surface area contributed by atoms with Gasteiger partial charge in [0.1, 0.15) is 12.1 Å². The minimum atomic E-state index is -1.13. The van der Waals surface area contributed by atoms with Gasteiger partial charge in [0.15, 0.2) is 0 Å². The average Bonchev–Trinajstić information content (AvgIpc) is 2.47. The zero-order valence-corrected chi connectivity index (χ0v) is 14.6. The van der Waals surface area contributed by atoms with E-state index in [1.54, 1.807) is 0 Å². The SMILES string of the molecule is COC(=O)[C@H](Cc1ccccc1Br)NC(=O)[C@H](O)CC(C)C. The van der Waals surface area contributed by atoms with Crippen LogP contribution in [-0.4, -0.2) is 36.2 Å². The van der Waals surface area contributed by atoms with E-state index in [0.717, 1.165) is 10.0 Å². The van der Waals surface area contributed by atoms with E-state index in [1.165, 1.54) is 7.11 Å². The van der Waals surface area contributed by atoms with Crippen LogP contribution in [0.3, 0.4) is 0 Å². The third-order valence-electron chi connectivity index (χ3n) is 3.18. The van der Waals surface area contributed by atoms with E-state index in [1.807, 2.05) is 38.1 Å². The minimum absolute atomic E-state index is 0.181. The number of nitrogens with one attached hydrogen (secondary N) is 1. The van der Waals surface area contributed by atoms with E-state index < -0.39 is 24.0 Å². The molecule has 1 aromatic carbocycles. The second kappa shape index (κ2) is 8.90. The molecule has 1 rings (SSSR count). The van der Waals surface area contributed by atoms with E-state index in [0.29, 0.717) is 6.42 Å². The van der Waals surface area contributed by atoms with Gasteiger partial charge in [0.25, 0.3) is 0 Å². The summed E-state index contributed by atoms with van der Waals surface area (Å²) < 4.78 is 5.58. The minimum Gasteiger partial charge on any atom is -0.467 e. The molecule has 0 unspecified atom stereocenters. The molecule has 0 bridgehead atoms. The van der Waals surface area contributed by atoms with Crippen molar-refractivity contribution in [2.75, 3.05) is 7.11 Å². The Morgan fingerprint density at radius 3 is 2.50 bits per heavy atom. The molecule has 0 aliphatic carbocycles. The molecule has 5 nitrogen and oxygen atoms in total. The van der Waals surface area contributed by atoms with Crippen LogP contribution in [0.5, 0.6) is 0 Å². The van der Waals surface area contributed by atoms with Gasteiger partial charge in [0.05, 0.1) is 7.11 Å². The maximum atomic E-state index is 12.0. The molecular formula is C16H22BrNO4.